The first-order valence-corrected chi connectivity index (χ1v) is 4.76. The first kappa shape index (κ1) is 10.7. The Morgan fingerprint density at radius 1 is 1.00 bits per heavy atom. The molecule has 1 saturated carbocycles. The van der Waals surface area contributed by atoms with E-state index >= 15 is 0 Å². The lowest BCUT2D eigenvalue weighted by Gasteiger charge is -2.34. The topological polar surface area (TPSA) is 112 Å². The van der Waals surface area contributed by atoms with Crippen molar-refractivity contribution in [3.05, 3.63) is 12.2 Å². The van der Waals surface area contributed by atoms with Gasteiger partial charge in [-0.25, -0.2) is 0 Å². The maximum atomic E-state index is 11.2. The Hall–Kier alpha value is -1.85. The van der Waals surface area contributed by atoms with Crippen molar-refractivity contribution in [2.45, 2.75) is 12.8 Å². The average Bonchev–Trinajstić information content (AvgIpc) is 2.73. The van der Waals surface area contributed by atoms with Crippen LogP contribution in [0.15, 0.2) is 12.2 Å². The molecule has 0 saturated heterocycles. The number of carboxylic acid groups (broad SMARTS) is 3. The second-order valence-corrected chi connectivity index (χ2v) is 4.32. The summed E-state index contributed by atoms with van der Waals surface area (Å²) in [6.45, 7) is 0. The highest BCUT2D eigenvalue weighted by molar-refractivity contribution is 6.06. The smallest absolute Gasteiger partial charge is 0.322 e. The summed E-state index contributed by atoms with van der Waals surface area (Å²) in [5.74, 6) is -4.81. The Labute approximate surface area is 90.2 Å². The molecule has 86 valence electrons. The minimum atomic E-state index is -2.22. The van der Waals surface area contributed by atoms with E-state index in [0.29, 0.717) is 0 Å². The Kier molecular flexibility index (Phi) is 1.89. The molecular weight excluding hydrogens is 216 g/mol. The minimum Gasteiger partial charge on any atom is -0.481 e. The van der Waals surface area contributed by atoms with Gasteiger partial charge < -0.3 is 15.3 Å². The third-order valence-electron chi connectivity index (χ3n) is 3.68. The van der Waals surface area contributed by atoms with Gasteiger partial charge in [-0.3, -0.25) is 14.4 Å². The lowest BCUT2D eigenvalue weighted by Crippen LogP contribution is -2.53. The van der Waals surface area contributed by atoms with Crippen molar-refractivity contribution in [1.82, 2.24) is 0 Å². The van der Waals surface area contributed by atoms with Crippen LogP contribution in [0.1, 0.15) is 12.8 Å². The van der Waals surface area contributed by atoms with Crippen LogP contribution in [0.3, 0.4) is 0 Å². The van der Waals surface area contributed by atoms with Gasteiger partial charge in [0, 0.05) is 0 Å². The van der Waals surface area contributed by atoms with Crippen LogP contribution in [0.2, 0.25) is 0 Å². The van der Waals surface area contributed by atoms with Crippen LogP contribution in [-0.2, 0) is 14.4 Å². The van der Waals surface area contributed by atoms with Gasteiger partial charge in [0.1, 0.15) is 5.41 Å². The van der Waals surface area contributed by atoms with E-state index in [0.717, 1.165) is 0 Å². The number of carboxylic acids is 3. The molecule has 2 aliphatic rings. The molecule has 0 spiro atoms. The molecule has 2 unspecified atom stereocenters. The summed E-state index contributed by atoms with van der Waals surface area (Å²) in [4.78, 5) is 33.6. The van der Waals surface area contributed by atoms with Gasteiger partial charge in [-0.05, 0) is 18.8 Å². The van der Waals surface area contributed by atoms with Gasteiger partial charge in [-0.1, -0.05) is 12.2 Å². The number of fused-ring (bicyclic) bond motifs is 2. The summed E-state index contributed by atoms with van der Waals surface area (Å²) in [5, 5.41) is 27.3. The third kappa shape index (κ3) is 0.892. The zero-order valence-electron chi connectivity index (χ0n) is 8.21. The molecule has 2 bridgehead atoms. The standard InChI is InChI=1S/C10H10O6/c11-6(12)9-2-1-5(3-9)4-10(9,7(13)14)8(15)16/h1-2,5H,3-4H2,(H,11,12)(H,13,14)(H,15,16). The van der Waals surface area contributed by atoms with E-state index in [9.17, 15) is 14.4 Å². The first-order chi connectivity index (χ1) is 7.37. The van der Waals surface area contributed by atoms with Crippen molar-refractivity contribution in [2.75, 3.05) is 0 Å². The number of carbonyl (C=O) groups is 3. The van der Waals surface area contributed by atoms with Gasteiger partial charge in [0.2, 0.25) is 0 Å². The van der Waals surface area contributed by atoms with Crippen LogP contribution >= 0.6 is 0 Å². The third-order valence-corrected chi connectivity index (χ3v) is 3.68. The van der Waals surface area contributed by atoms with Crippen molar-refractivity contribution in [3.8, 4) is 0 Å². The molecule has 0 aliphatic heterocycles. The van der Waals surface area contributed by atoms with E-state index in [-0.39, 0.29) is 18.8 Å². The summed E-state index contributed by atoms with van der Waals surface area (Å²) >= 11 is 0. The van der Waals surface area contributed by atoms with Crippen LogP contribution in [-0.4, -0.2) is 33.2 Å². The highest BCUT2D eigenvalue weighted by Gasteiger charge is 2.72. The molecule has 6 heteroatoms. The fourth-order valence-electron chi connectivity index (χ4n) is 2.87. The second kappa shape index (κ2) is 2.84. The zero-order valence-corrected chi connectivity index (χ0v) is 8.21. The summed E-state index contributed by atoms with van der Waals surface area (Å²) in [6, 6.07) is 0. The largest absolute Gasteiger partial charge is 0.481 e. The zero-order chi connectivity index (χ0) is 12.1. The van der Waals surface area contributed by atoms with Crippen LogP contribution in [0.25, 0.3) is 0 Å². The molecule has 1 fully saturated rings. The van der Waals surface area contributed by atoms with Crippen LogP contribution in [0.4, 0.5) is 0 Å². The van der Waals surface area contributed by atoms with Gasteiger partial charge in [-0.2, -0.15) is 0 Å². The number of hydrogen-bond donors (Lipinski definition) is 3. The maximum absolute atomic E-state index is 11.2. The van der Waals surface area contributed by atoms with Gasteiger partial charge in [0.15, 0.2) is 5.41 Å². The summed E-state index contributed by atoms with van der Waals surface area (Å²) < 4.78 is 0. The Balaban J connectivity index is 2.64. The molecule has 2 rings (SSSR count). The lowest BCUT2D eigenvalue weighted by atomic mass is 9.64. The van der Waals surface area contributed by atoms with E-state index in [2.05, 4.69) is 0 Å². The summed E-state index contributed by atoms with van der Waals surface area (Å²) in [7, 11) is 0. The predicted molar refractivity (Wildman–Crippen MR) is 49.6 cm³/mol. The molecular formula is C10H10O6. The van der Waals surface area contributed by atoms with E-state index in [4.69, 9.17) is 15.3 Å². The van der Waals surface area contributed by atoms with Crippen LogP contribution in [0, 0.1) is 16.7 Å². The first-order valence-electron chi connectivity index (χ1n) is 4.76. The van der Waals surface area contributed by atoms with Crippen molar-refractivity contribution < 1.29 is 29.7 Å². The molecule has 0 heterocycles. The van der Waals surface area contributed by atoms with E-state index in [1.807, 2.05) is 0 Å². The number of aliphatic carboxylic acids is 3. The lowest BCUT2D eigenvalue weighted by molar-refractivity contribution is -0.179. The van der Waals surface area contributed by atoms with Crippen LogP contribution in [0.5, 0.6) is 0 Å². The molecule has 3 N–H and O–H groups in total. The molecule has 2 atom stereocenters. The normalized spacial score (nSPS) is 33.9. The fraction of sp³-hybridized carbons (Fsp3) is 0.500. The Morgan fingerprint density at radius 2 is 1.56 bits per heavy atom. The second-order valence-electron chi connectivity index (χ2n) is 4.32. The molecule has 0 aromatic carbocycles. The number of hydrogen-bond acceptors (Lipinski definition) is 3. The molecule has 0 amide bonds. The highest BCUT2D eigenvalue weighted by atomic mass is 16.4. The molecule has 6 nitrogen and oxygen atoms in total. The van der Waals surface area contributed by atoms with Gasteiger partial charge >= 0.3 is 17.9 Å². The van der Waals surface area contributed by atoms with Gasteiger partial charge in [-0.15, -0.1) is 0 Å². The number of allylic oxidation sites excluding steroid dienone is 1. The van der Waals surface area contributed by atoms with Gasteiger partial charge in [0.25, 0.3) is 0 Å². The van der Waals surface area contributed by atoms with E-state index in [1.165, 1.54) is 6.08 Å². The molecule has 0 radical (unpaired) electrons. The maximum Gasteiger partial charge on any atom is 0.322 e. The number of rotatable bonds is 3. The van der Waals surface area contributed by atoms with Gasteiger partial charge in [0.05, 0.1) is 0 Å². The summed E-state index contributed by atoms with van der Waals surface area (Å²) in [6.07, 6.45) is 2.73. The molecule has 2 aliphatic carbocycles. The Morgan fingerprint density at radius 3 is 1.88 bits per heavy atom. The predicted octanol–water partition coefficient (Wildman–Crippen LogP) is 0.193. The van der Waals surface area contributed by atoms with Crippen molar-refractivity contribution in [3.63, 3.8) is 0 Å². The quantitative estimate of drug-likeness (QED) is 0.468. The fourth-order valence-corrected chi connectivity index (χ4v) is 2.87. The SMILES string of the molecule is O=C(O)C12C=CC(C1)CC2(C(=O)O)C(=O)O. The van der Waals surface area contributed by atoms with Crippen molar-refractivity contribution in [1.29, 1.82) is 0 Å². The molecule has 16 heavy (non-hydrogen) atoms. The molecule has 0 aromatic heterocycles. The van der Waals surface area contributed by atoms with E-state index in [1.54, 1.807) is 6.08 Å². The average molecular weight is 226 g/mol. The van der Waals surface area contributed by atoms with E-state index < -0.39 is 28.7 Å². The highest BCUT2D eigenvalue weighted by Crippen LogP contribution is 2.61. The van der Waals surface area contributed by atoms with Crippen LogP contribution < -0.4 is 0 Å². The van der Waals surface area contributed by atoms with Crippen molar-refractivity contribution >= 4 is 17.9 Å². The Bertz CT molecular complexity index is 409. The molecule has 0 aromatic rings. The minimum absolute atomic E-state index is 0.0565. The summed E-state index contributed by atoms with van der Waals surface area (Å²) in [5.41, 5.74) is -4.02. The monoisotopic (exact) mass is 226 g/mol. The van der Waals surface area contributed by atoms with Crippen molar-refractivity contribution in [2.24, 2.45) is 16.7 Å².